The van der Waals surface area contributed by atoms with Crippen LogP contribution in [0.25, 0.3) is 11.1 Å². The zero-order valence-electron chi connectivity index (χ0n) is 19.9. The standard InChI is InChI=1S/C28H30ClNO5/c1-19(15-20-9-11-23(12-10-20)35-18-27(32)33-2)30-13-14-34-26(17-30)28-24(7-4-8-25(28)31)21-5-3-6-22(29)16-21/h3-12,16,19,26,31H,13-15,17-18H2,1-2H3. The van der Waals surface area contributed by atoms with Gasteiger partial charge in [0.2, 0.25) is 0 Å². The van der Waals surface area contributed by atoms with Gasteiger partial charge >= 0.3 is 5.97 Å². The number of carbonyl (C=O) groups excluding carboxylic acids is 1. The lowest BCUT2D eigenvalue weighted by Crippen LogP contribution is -2.44. The fourth-order valence-corrected chi connectivity index (χ4v) is 4.63. The molecule has 0 saturated carbocycles. The highest BCUT2D eigenvalue weighted by Gasteiger charge is 2.29. The number of halogens is 1. The predicted octanol–water partition coefficient (Wildman–Crippen LogP) is 5.27. The van der Waals surface area contributed by atoms with Gasteiger partial charge in [-0.3, -0.25) is 4.90 Å². The van der Waals surface area contributed by atoms with Crippen LogP contribution in [0.1, 0.15) is 24.2 Å². The van der Waals surface area contributed by atoms with Gasteiger partial charge in [0.15, 0.2) is 6.61 Å². The van der Waals surface area contributed by atoms with Gasteiger partial charge in [-0.25, -0.2) is 4.79 Å². The van der Waals surface area contributed by atoms with E-state index in [1.807, 2.05) is 60.7 Å². The fourth-order valence-electron chi connectivity index (χ4n) is 4.44. The van der Waals surface area contributed by atoms with Crippen molar-refractivity contribution in [2.24, 2.45) is 0 Å². The Hall–Kier alpha value is -3.06. The molecule has 3 aromatic rings. The molecule has 1 heterocycles. The fraction of sp³-hybridized carbons (Fsp3) is 0.321. The quantitative estimate of drug-likeness (QED) is 0.429. The number of aromatic hydroxyl groups is 1. The van der Waals surface area contributed by atoms with E-state index in [1.165, 1.54) is 12.7 Å². The number of rotatable bonds is 8. The predicted molar refractivity (Wildman–Crippen MR) is 136 cm³/mol. The van der Waals surface area contributed by atoms with Crippen molar-refractivity contribution in [2.75, 3.05) is 33.4 Å². The van der Waals surface area contributed by atoms with Crippen molar-refractivity contribution in [3.05, 3.63) is 82.9 Å². The number of ether oxygens (including phenoxy) is 3. The Bertz CT molecular complexity index is 1150. The molecule has 1 N–H and O–H groups in total. The number of esters is 1. The highest BCUT2D eigenvalue weighted by Crippen LogP contribution is 2.39. The molecule has 2 atom stereocenters. The minimum Gasteiger partial charge on any atom is -0.508 e. The molecule has 0 amide bonds. The number of phenolic OH excluding ortho intramolecular Hbond substituents is 1. The molecule has 7 heteroatoms. The minimum atomic E-state index is -0.410. The van der Waals surface area contributed by atoms with E-state index in [1.54, 1.807) is 6.07 Å². The normalized spacial score (nSPS) is 17.1. The van der Waals surface area contributed by atoms with Gasteiger partial charge in [0.05, 0.1) is 19.8 Å². The van der Waals surface area contributed by atoms with Crippen LogP contribution in [0.15, 0.2) is 66.7 Å². The molecule has 6 nitrogen and oxygen atoms in total. The maximum absolute atomic E-state index is 11.3. The summed E-state index contributed by atoms with van der Waals surface area (Å²) >= 11 is 6.23. The second kappa shape index (κ2) is 11.6. The largest absolute Gasteiger partial charge is 0.508 e. The lowest BCUT2D eigenvalue weighted by atomic mass is 9.94. The monoisotopic (exact) mass is 495 g/mol. The van der Waals surface area contributed by atoms with E-state index in [2.05, 4.69) is 16.6 Å². The third-order valence-corrected chi connectivity index (χ3v) is 6.54. The van der Waals surface area contributed by atoms with Crippen molar-refractivity contribution in [1.29, 1.82) is 0 Å². The number of hydrogen-bond acceptors (Lipinski definition) is 6. The summed E-state index contributed by atoms with van der Waals surface area (Å²) in [5.41, 5.74) is 3.84. The smallest absolute Gasteiger partial charge is 0.343 e. The second-order valence-corrected chi connectivity index (χ2v) is 9.10. The average molecular weight is 496 g/mol. The van der Waals surface area contributed by atoms with E-state index >= 15 is 0 Å². The van der Waals surface area contributed by atoms with Gasteiger partial charge in [0.1, 0.15) is 11.5 Å². The number of methoxy groups -OCH3 is 1. The maximum Gasteiger partial charge on any atom is 0.343 e. The maximum atomic E-state index is 11.3. The van der Waals surface area contributed by atoms with Gasteiger partial charge < -0.3 is 19.3 Å². The molecule has 1 saturated heterocycles. The zero-order chi connectivity index (χ0) is 24.8. The number of phenols is 1. The highest BCUT2D eigenvalue weighted by molar-refractivity contribution is 6.30. The van der Waals surface area contributed by atoms with Gasteiger partial charge in [-0.1, -0.05) is 48.0 Å². The summed E-state index contributed by atoms with van der Waals surface area (Å²) in [5.74, 6) is 0.448. The Morgan fingerprint density at radius 3 is 2.69 bits per heavy atom. The molecule has 2 unspecified atom stereocenters. The molecule has 3 aromatic carbocycles. The molecule has 4 rings (SSSR count). The molecule has 184 valence electrons. The summed E-state index contributed by atoms with van der Waals surface area (Å²) in [4.78, 5) is 13.6. The number of carbonyl (C=O) groups is 1. The van der Waals surface area contributed by atoms with Gasteiger partial charge in [-0.15, -0.1) is 0 Å². The van der Waals surface area contributed by atoms with Crippen molar-refractivity contribution >= 4 is 17.6 Å². The molecular weight excluding hydrogens is 466 g/mol. The van der Waals surface area contributed by atoms with Crippen molar-refractivity contribution in [3.8, 4) is 22.6 Å². The van der Waals surface area contributed by atoms with E-state index < -0.39 is 5.97 Å². The van der Waals surface area contributed by atoms with Crippen LogP contribution in [-0.4, -0.2) is 55.4 Å². The van der Waals surface area contributed by atoms with E-state index in [4.69, 9.17) is 21.1 Å². The molecule has 0 aromatic heterocycles. The van der Waals surface area contributed by atoms with Crippen molar-refractivity contribution in [1.82, 2.24) is 4.90 Å². The molecule has 1 aliphatic rings. The first-order valence-corrected chi connectivity index (χ1v) is 12.0. The Morgan fingerprint density at radius 1 is 1.17 bits per heavy atom. The van der Waals surface area contributed by atoms with Gasteiger partial charge in [-0.2, -0.15) is 0 Å². The first kappa shape index (κ1) is 25.0. The Morgan fingerprint density at radius 2 is 1.94 bits per heavy atom. The van der Waals surface area contributed by atoms with Crippen LogP contribution in [-0.2, 0) is 20.7 Å². The van der Waals surface area contributed by atoms with Gasteiger partial charge in [-0.05, 0) is 60.4 Å². The number of morpholine rings is 1. The molecule has 0 aliphatic carbocycles. The topological polar surface area (TPSA) is 68.2 Å². The first-order chi connectivity index (χ1) is 16.9. The van der Waals surface area contributed by atoms with E-state index in [0.29, 0.717) is 23.9 Å². The van der Waals surface area contributed by atoms with E-state index in [9.17, 15) is 9.90 Å². The van der Waals surface area contributed by atoms with Gasteiger partial charge in [0, 0.05) is 29.7 Å². The van der Waals surface area contributed by atoms with Crippen LogP contribution in [0.3, 0.4) is 0 Å². The molecular formula is C28H30ClNO5. The van der Waals surface area contributed by atoms with Gasteiger partial charge in [0.25, 0.3) is 0 Å². The first-order valence-electron chi connectivity index (χ1n) is 11.7. The lowest BCUT2D eigenvalue weighted by Gasteiger charge is -2.38. The molecule has 0 spiro atoms. The second-order valence-electron chi connectivity index (χ2n) is 8.66. The van der Waals surface area contributed by atoms with Crippen molar-refractivity contribution in [2.45, 2.75) is 25.5 Å². The summed E-state index contributed by atoms with van der Waals surface area (Å²) in [6, 6.07) is 21.2. The molecule has 1 aliphatic heterocycles. The summed E-state index contributed by atoms with van der Waals surface area (Å²) < 4.78 is 16.2. The molecule has 35 heavy (non-hydrogen) atoms. The van der Waals surface area contributed by atoms with Crippen molar-refractivity contribution in [3.63, 3.8) is 0 Å². The summed E-state index contributed by atoms with van der Waals surface area (Å²) in [6.45, 7) is 4.17. The van der Waals surface area contributed by atoms with Crippen LogP contribution in [0.4, 0.5) is 0 Å². The molecule has 1 fully saturated rings. The Labute approximate surface area is 211 Å². The third-order valence-electron chi connectivity index (χ3n) is 6.30. The number of benzene rings is 3. The van der Waals surface area contributed by atoms with Crippen LogP contribution >= 0.6 is 11.6 Å². The molecule has 0 bridgehead atoms. The lowest BCUT2D eigenvalue weighted by molar-refractivity contribution is -0.142. The Kier molecular flexibility index (Phi) is 8.29. The summed E-state index contributed by atoms with van der Waals surface area (Å²) in [5, 5.41) is 11.4. The third kappa shape index (κ3) is 6.34. The van der Waals surface area contributed by atoms with Crippen LogP contribution < -0.4 is 4.74 Å². The SMILES string of the molecule is COC(=O)COc1ccc(CC(C)N2CCOC(c3c(O)cccc3-c3cccc(Cl)c3)C2)cc1. The molecule has 0 radical (unpaired) electrons. The minimum absolute atomic E-state index is 0.106. The average Bonchev–Trinajstić information content (AvgIpc) is 2.88. The van der Waals surface area contributed by atoms with Crippen LogP contribution in [0, 0.1) is 0 Å². The van der Waals surface area contributed by atoms with Crippen LogP contribution in [0.2, 0.25) is 5.02 Å². The highest BCUT2D eigenvalue weighted by atomic mass is 35.5. The van der Waals surface area contributed by atoms with E-state index in [-0.39, 0.29) is 24.5 Å². The summed E-state index contributed by atoms with van der Waals surface area (Å²) in [6.07, 6.45) is 0.599. The Balaban J connectivity index is 1.45. The summed E-state index contributed by atoms with van der Waals surface area (Å²) in [7, 11) is 1.34. The zero-order valence-corrected chi connectivity index (χ0v) is 20.7. The number of hydrogen-bond donors (Lipinski definition) is 1. The van der Waals surface area contributed by atoms with Crippen molar-refractivity contribution < 1.29 is 24.1 Å². The van der Waals surface area contributed by atoms with E-state index in [0.717, 1.165) is 29.7 Å². The van der Waals surface area contributed by atoms with Crippen LogP contribution in [0.5, 0.6) is 11.5 Å². The number of nitrogens with zero attached hydrogens (tertiary/aromatic N) is 1.